The minimum Gasteiger partial charge on any atom is -0.481 e. The van der Waals surface area contributed by atoms with Gasteiger partial charge in [0.2, 0.25) is 0 Å². The van der Waals surface area contributed by atoms with Gasteiger partial charge in [-0.1, -0.05) is 0 Å². The highest BCUT2D eigenvalue weighted by Crippen LogP contribution is 1.90. The molecule has 0 aliphatic carbocycles. The zero-order chi connectivity index (χ0) is 10.7. The van der Waals surface area contributed by atoms with E-state index < -0.39 is 5.97 Å². The zero-order valence-electron chi connectivity index (χ0n) is 8.87. The number of rotatable bonds is 5. The third-order valence-corrected chi connectivity index (χ3v) is 1.01. The molecule has 0 aromatic rings. The molecule has 4 heteroatoms. The maximum Gasteiger partial charge on any atom is 0.300 e. The molecule has 0 aliphatic rings. The van der Waals surface area contributed by atoms with E-state index in [1.165, 1.54) is 0 Å². The largest absolute Gasteiger partial charge is 0.481 e. The van der Waals surface area contributed by atoms with Crippen LogP contribution in [0.2, 0.25) is 0 Å². The Labute approximate surface area is 79.8 Å². The molecule has 0 radical (unpaired) electrons. The van der Waals surface area contributed by atoms with Gasteiger partial charge in [0.05, 0.1) is 12.7 Å². The van der Waals surface area contributed by atoms with E-state index in [2.05, 4.69) is 0 Å². The number of ether oxygens (including phenoxy) is 2. The van der Waals surface area contributed by atoms with Gasteiger partial charge in [-0.05, 0) is 20.8 Å². The summed E-state index contributed by atoms with van der Waals surface area (Å²) in [5.74, 6) is -0.833. The topological polar surface area (TPSA) is 55.8 Å². The van der Waals surface area contributed by atoms with E-state index in [1.807, 2.05) is 20.8 Å². The van der Waals surface area contributed by atoms with Crippen molar-refractivity contribution in [2.75, 3.05) is 19.8 Å². The summed E-state index contributed by atoms with van der Waals surface area (Å²) in [7, 11) is 0. The standard InChI is InChI=1S/C7H16O2.C2H4O2/c1-4-8-6-7(3)9-5-2;1-2(3)4/h7H,4-6H2,1-3H3;1H3,(H,3,4). The zero-order valence-corrected chi connectivity index (χ0v) is 8.87. The van der Waals surface area contributed by atoms with Crippen LogP contribution in [0.3, 0.4) is 0 Å². The summed E-state index contributed by atoms with van der Waals surface area (Å²) in [6.07, 6.45) is 0.245. The molecule has 0 bridgehead atoms. The second kappa shape index (κ2) is 11.4. The lowest BCUT2D eigenvalue weighted by atomic mass is 10.4. The third-order valence-electron chi connectivity index (χ3n) is 1.01. The van der Waals surface area contributed by atoms with Crippen LogP contribution in [-0.4, -0.2) is 37.0 Å². The van der Waals surface area contributed by atoms with Gasteiger partial charge in [-0.15, -0.1) is 0 Å². The Morgan fingerprint density at radius 1 is 1.38 bits per heavy atom. The molecule has 80 valence electrons. The molecule has 0 saturated carbocycles. The molecule has 0 rings (SSSR count). The van der Waals surface area contributed by atoms with Crippen molar-refractivity contribution in [1.82, 2.24) is 0 Å². The van der Waals surface area contributed by atoms with Crippen LogP contribution in [0.5, 0.6) is 0 Å². The SMILES string of the molecule is CC(=O)O.CCOCC(C)OCC. The van der Waals surface area contributed by atoms with E-state index in [0.29, 0.717) is 6.61 Å². The Morgan fingerprint density at radius 2 is 1.85 bits per heavy atom. The summed E-state index contributed by atoms with van der Waals surface area (Å²) < 4.78 is 10.3. The van der Waals surface area contributed by atoms with E-state index in [-0.39, 0.29) is 6.10 Å². The fourth-order valence-corrected chi connectivity index (χ4v) is 0.616. The van der Waals surface area contributed by atoms with Gasteiger partial charge < -0.3 is 14.6 Å². The second-order valence-electron chi connectivity index (χ2n) is 2.44. The maximum absolute atomic E-state index is 9.00. The van der Waals surface area contributed by atoms with Gasteiger partial charge in [0.25, 0.3) is 5.97 Å². The van der Waals surface area contributed by atoms with Crippen molar-refractivity contribution in [2.45, 2.75) is 33.8 Å². The van der Waals surface area contributed by atoms with Crippen LogP contribution in [0.15, 0.2) is 0 Å². The molecule has 0 spiro atoms. The Kier molecular flexibility index (Phi) is 13.0. The Hall–Kier alpha value is -0.610. The summed E-state index contributed by atoms with van der Waals surface area (Å²) >= 11 is 0. The van der Waals surface area contributed by atoms with Gasteiger partial charge in [0.15, 0.2) is 0 Å². The van der Waals surface area contributed by atoms with Gasteiger partial charge in [0, 0.05) is 20.1 Å². The quantitative estimate of drug-likeness (QED) is 0.717. The van der Waals surface area contributed by atoms with E-state index >= 15 is 0 Å². The van der Waals surface area contributed by atoms with E-state index in [1.54, 1.807) is 0 Å². The molecule has 13 heavy (non-hydrogen) atoms. The molecule has 4 nitrogen and oxygen atoms in total. The van der Waals surface area contributed by atoms with Crippen molar-refractivity contribution < 1.29 is 19.4 Å². The molecule has 1 N–H and O–H groups in total. The minimum absolute atomic E-state index is 0.245. The summed E-state index contributed by atoms with van der Waals surface area (Å²) in [6.45, 7) is 9.33. The maximum atomic E-state index is 9.00. The molecule has 0 saturated heterocycles. The van der Waals surface area contributed by atoms with Crippen molar-refractivity contribution in [3.63, 3.8) is 0 Å². The Morgan fingerprint density at radius 3 is 2.15 bits per heavy atom. The summed E-state index contributed by atoms with van der Waals surface area (Å²) in [5.41, 5.74) is 0. The molecule has 0 aromatic carbocycles. The lowest BCUT2D eigenvalue weighted by Crippen LogP contribution is -2.15. The molecule has 1 unspecified atom stereocenters. The third kappa shape index (κ3) is 24.6. The molecule has 0 aliphatic heterocycles. The predicted octanol–water partition coefficient (Wildman–Crippen LogP) is 1.54. The summed E-state index contributed by atoms with van der Waals surface area (Å²) in [4.78, 5) is 9.00. The first-order valence-electron chi connectivity index (χ1n) is 4.43. The van der Waals surface area contributed by atoms with Crippen LogP contribution in [0, 0.1) is 0 Å². The van der Waals surface area contributed by atoms with Crippen LogP contribution >= 0.6 is 0 Å². The molecule has 0 aromatic heterocycles. The molecule has 1 atom stereocenters. The van der Waals surface area contributed by atoms with Gasteiger partial charge in [0.1, 0.15) is 0 Å². The number of hydrogen-bond donors (Lipinski definition) is 1. The van der Waals surface area contributed by atoms with E-state index in [4.69, 9.17) is 19.4 Å². The molecular weight excluding hydrogens is 172 g/mol. The molecule has 0 fully saturated rings. The summed E-state index contributed by atoms with van der Waals surface area (Å²) in [6, 6.07) is 0. The highest BCUT2D eigenvalue weighted by atomic mass is 16.5. The minimum atomic E-state index is -0.833. The van der Waals surface area contributed by atoms with Crippen molar-refractivity contribution >= 4 is 5.97 Å². The summed E-state index contributed by atoms with van der Waals surface area (Å²) in [5, 5.41) is 7.42. The second-order valence-corrected chi connectivity index (χ2v) is 2.44. The van der Waals surface area contributed by atoms with Crippen molar-refractivity contribution in [3.05, 3.63) is 0 Å². The van der Waals surface area contributed by atoms with Crippen molar-refractivity contribution in [3.8, 4) is 0 Å². The first-order valence-corrected chi connectivity index (χ1v) is 4.43. The lowest BCUT2D eigenvalue weighted by Gasteiger charge is -2.09. The lowest BCUT2D eigenvalue weighted by molar-refractivity contribution is -0.134. The average Bonchev–Trinajstić information content (AvgIpc) is 2.00. The van der Waals surface area contributed by atoms with Gasteiger partial charge in [-0.25, -0.2) is 0 Å². The number of carbonyl (C=O) groups is 1. The first-order chi connectivity index (χ1) is 6.04. The average molecular weight is 192 g/mol. The number of carboxylic acid groups (broad SMARTS) is 1. The van der Waals surface area contributed by atoms with E-state index in [0.717, 1.165) is 20.1 Å². The Bertz CT molecular complexity index is 110. The van der Waals surface area contributed by atoms with Gasteiger partial charge >= 0.3 is 0 Å². The molecule has 0 heterocycles. The van der Waals surface area contributed by atoms with Crippen LogP contribution in [0.4, 0.5) is 0 Å². The predicted molar refractivity (Wildman–Crippen MR) is 50.9 cm³/mol. The number of carboxylic acids is 1. The fourth-order valence-electron chi connectivity index (χ4n) is 0.616. The first kappa shape index (κ1) is 14.9. The van der Waals surface area contributed by atoms with Gasteiger partial charge in [-0.3, -0.25) is 4.79 Å². The highest BCUT2D eigenvalue weighted by Gasteiger charge is 1.97. The fraction of sp³-hybridized carbons (Fsp3) is 0.889. The number of hydrogen-bond acceptors (Lipinski definition) is 3. The Balaban J connectivity index is 0. The van der Waals surface area contributed by atoms with Crippen LogP contribution < -0.4 is 0 Å². The van der Waals surface area contributed by atoms with Crippen LogP contribution in [-0.2, 0) is 14.3 Å². The monoisotopic (exact) mass is 192 g/mol. The molecule has 0 amide bonds. The van der Waals surface area contributed by atoms with Crippen LogP contribution in [0.25, 0.3) is 0 Å². The van der Waals surface area contributed by atoms with E-state index in [9.17, 15) is 0 Å². The number of aliphatic carboxylic acids is 1. The smallest absolute Gasteiger partial charge is 0.300 e. The normalized spacial score (nSPS) is 11.4. The van der Waals surface area contributed by atoms with Crippen molar-refractivity contribution in [2.24, 2.45) is 0 Å². The molecular formula is C9H20O4. The van der Waals surface area contributed by atoms with Gasteiger partial charge in [-0.2, -0.15) is 0 Å². The van der Waals surface area contributed by atoms with Crippen molar-refractivity contribution in [1.29, 1.82) is 0 Å². The highest BCUT2D eigenvalue weighted by molar-refractivity contribution is 5.62. The van der Waals surface area contributed by atoms with Crippen LogP contribution in [0.1, 0.15) is 27.7 Å².